The van der Waals surface area contributed by atoms with E-state index in [0.29, 0.717) is 6.54 Å². The molecule has 0 saturated heterocycles. The highest BCUT2D eigenvalue weighted by Crippen LogP contribution is 2.29. The summed E-state index contributed by atoms with van der Waals surface area (Å²) in [6.07, 6.45) is 0.495. The lowest BCUT2D eigenvalue weighted by Gasteiger charge is -2.34. The molecule has 0 aliphatic carbocycles. The second-order valence-corrected chi connectivity index (χ2v) is 6.75. The summed E-state index contributed by atoms with van der Waals surface area (Å²) in [7, 11) is 1.89. The summed E-state index contributed by atoms with van der Waals surface area (Å²) in [5.74, 6) is 0. The molecular weight excluding hydrogens is 310 g/mol. The van der Waals surface area contributed by atoms with Crippen LogP contribution in [-0.4, -0.2) is 32.4 Å². The van der Waals surface area contributed by atoms with Crippen molar-refractivity contribution < 1.29 is 9.53 Å². The van der Waals surface area contributed by atoms with Crippen molar-refractivity contribution in [1.82, 2.24) is 14.7 Å². The van der Waals surface area contributed by atoms with Gasteiger partial charge in [-0.3, -0.25) is 4.68 Å². The monoisotopic (exact) mass is 329 g/mol. The van der Waals surface area contributed by atoms with Crippen LogP contribution in [0.3, 0.4) is 0 Å². The van der Waals surface area contributed by atoms with Gasteiger partial charge >= 0.3 is 6.09 Å². The van der Waals surface area contributed by atoms with Crippen LogP contribution >= 0.6 is 15.9 Å². The Balaban J connectivity index is 2.21. The minimum atomic E-state index is -0.469. The van der Waals surface area contributed by atoms with Crippen LogP contribution < -0.4 is 0 Å². The SMILES string of the molecule is C[C@H]1Cc2nn(C)c(Br)c2CN1C(=O)OC(C)(C)C. The third-order valence-corrected chi connectivity index (χ3v) is 4.12. The van der Waals surface area contributed by atoms with Crippen LogP contribution in [0.1, 0.15) is 39.0 Å². The quantitative estimate of drug-likeness (QED) is 0.735. The van der Waals surface area contributed by atoms with Gasteiger partial charge in [-0.05, 0) is 43.6 Å². The van der Waals surface area contributed by atoms with E-state index in [1.807, 2.05) is 34.7 Å². The lowest BCUT2D eigenvalue weighted by Crippen LogP contribution is -2.45. The van der Waals surface area contributed by atoms with Crippen molar-refractivity contribution in [1.29, 1.82) is 0 Å². The summed E-state index contributed by atoms with van der Waals surface area (Å²) >= 11 is 3.52. The number of amides is 1. The average molecular weight is 330 g/mol. The van der Waals surface area contributed by atoms with E-state index in [9.17, 15) is 4.79 Å². The van der Waals surface area contributed by atoms with E-state index in [-0.39, 0.29) is 12.1 Å². The number of fused-ring (bicyclic) bond motifs is 1. The number of nitrogens with zero attached hydrogens (tertiary/aromatic N) is 3. The number of carbonyl (C=O) groups is 1. The molecule has 0 spiro atoms. The molecule has 5 nitrogen and oxygen atoms in total. The fraction of sp³-hybridized carbons (Fsp3) is 0.692. The molecule has 0 saturated carbocycles. The Bertz CT molecular complexity index is 505. The molecule has 1 amide bonds. The molecule has 1 aromatic heterocycles. The van der Waals surface area contributed by atoms with Crippen LogP contribution in [0, 0.1) is 0 Å². The highest BCUT2D eigenvalue weighted by atomic mass is 79.9. The third kappa shape index (κ3) is 2.94. The van der Waals surface area contributed by atoms with Gasteiger partial charge in [0.15, 0.2) is 0 Å². The minimum Gasteiger partial charge on any atom is -0.444 e. The van der Waals surface area contributed by atoms with Crippen molar-refractivity contribution in [2.75, 3.05) is 0 Å². The van der Waals surface area contributed by atoms with E-state index >= 15 is 0 Å². The van der Waals surface area contributed by atoms with Gasteiger partial charge in [0.2, 0.25) is 0 Å². The third-order valence-electron chi connectivity index (χ3n) is 3.13. The van der Waals surface area contributed by atoms with Crippen LogP contribution in [0.2, 0.25) is 0 Å². The van der Waals surface area contributed by atoms with Gasteiger partial charge in [0.25, 0.3) is 0 Å². The van der Waals surface area contributed by atoms with Crippen LogP contribution in [0.25, 0.3) is 0 Å². The van der Waals surface area contributed by atoms with Gasteiger partial charge in [0, 0.05) is 25.1 Å². The highest BCUT2D eigenvalue weighted by Gasteiger charge is 2.33. The summed E-state index contributed by atoms with van der Waals surface area (Å²) in [5.41, 5.74) is 1.66. The van der Waals surface area contributed by atoms with Gasteiger partial charge in [0.05, 0.1) is 12.2 Å². The van der Waals surface area contributed by atoms with E-state index in [1.165, 1.54) is 0 Å². The Labute approximate surface area is 122 Å². The van der Waals surface area contributed by atoms with Gasteiger partial charge in [-0.15, -0.1) is 0 Å². The summed E-state index contributed by atoms with van der Waals surface area (Å²) in [6.45, 7) is 8.20. The van der Waals surface area contributed by atoms with E-state index in [1.54, 1.807) is 9.58 Å². The second-order valence-electron chi connectivity index (χ2n) is 6.00. The maximum atomic E-state index is 12.2. The zero-order valence-electron chi connectivity index (χ0n) is 12.0. The lowest BCUT2D eigenvalue weighted by molar-refractivity contribution is 0.0137. The molecule has 2 heterocycles. The summed E-state index contributed by atoms with van der Waals surface area (Å²) in [4.78, 5) is 14.0. The van der Waals surface area contributed by atoms with Crippen molar-refractivity contribution >= 4 is 22.0 Å². The maximum Gasteiger partial charge on any atom is 0.410 e. The van der Waals surface area contributed by atoms with E-state index in [4.69, 9.17) is 4.74 Å². The van der Waals surface area contributed by atoms with Crippen molar-refractivity contribution in [2.45, 2.75) is 52.3 Å². The van der Waals surface area contributed by atoms with Gasteiger partial charge < -0.3 is 9.64 Å². The van der Waals surface area contributed by atoms with E-state index < -0.39 is 5.60 Å². The highest BCUT2D eigenvalue weighted by molar-refractivity contribution is 9.10. The number of carbonyl (C=O) groups excluding carboxylic acids is 1. The van der Waals surface area contributed by atoms with Crippen molar-refractivity contribution in [2.24, 2.45) is 7.05 Å². The normalized spacial score (nSPS) is 19.3. The molecule has 1 aliphatic rings. The largest absolute Gasteiger partial charge is 0.444 e. The molecule has 2 rings (SSSR count). The molecule has 1 aromatic rings. The van der Waals surface area contributed by atoms with Crippen molar-refractivity contribution in [3.8, 4) is 0 Å². The molecular formula is C13H20BrN3O2. The van der Waals surface area contributed by atoms with Gasteiger partial charge in [-0.2, -0.15) is 5.10 Å². The fourth-order valence-corrected chi connectivity index (χ4v) is 2.63. The number of hydrogen-bond acceptors (Lipinski definition) is 3. The summed E-state index contributed by atoms with van der Waals surface area (Å²) in [5, 5.41) is 4.46. The average Bonchev–Trinajstić information content (AvgIpc) is 2.50. The Hall–Kier alpha value is -1.04. The summed E-state index contributed by atoms with van der Waals surface area (Å²) in [6, 6.07) is 0.101. The molecule has 0 N–H and O–H groups in total. The number of halogens is 1. The lowest BCUT2D eigenvalue weighted by atomic mass is 10.0. The zero-order valence-corrected chi connectivity index (χ0v) is 13.6. The first-order chi connectivity index (χ1) is 8.69. The molecule has 0 bridgehead atoms. The smallest absolute Gasteiger partial charge is 0.410 e. The van der Waals surface area contributed by atoms with Crippen LogP contribution in [0.5, 0.6) is 0 Å². The minimum absolute atomic E-state index is 0.101. The first kappa shape index (κ1) is 14.4. The Morgan fingerprint density at radius 1 is 1.47 bits per heavy atom. The van der Waals surface area contributed by atoms with E-state index in [0.717, 1.165) is 22.3 Å². The standard InChI is InChI=1S/C13H20BrN3O2/c1-8-6-10-9(11(14)16(5)15-10)7-17(8)12(18)19-13(2,3)4/h8H,6-7H2,1-5H3/t8-/m0/s1. The molecule has 19 heavy (non-hydrogen) atoms. The van der Waals surface area contributed by atoms with Crippen LogP contribution in [-0.2, 0) is 24.8 Å². The molecule has 1 aliphatic heterocycles. The molecule has 106 valence electrons. The molecule has 0 aromatic carbocycles. The first-order valence-electron chi connectivity index (χ1n) is 6.39. The van der Waals surface area contributed by atoms with Crippen LogP contribution in [0.4, 0.5) is 4.79 Å². The predicted octanol–water partition coefficient (Wildman–Crippen LogP) is 2.86. The van der Waals surface area contributed by atoms with Crippen molar-refractivity contribution in [3.05, 3.63) is 15.9 Å². The Kier molecular flexibility index (Phi) is 3.64. The topological polar surface area (TPSA) is 47.4 Å². The van der Waals surface area contributed by atoms with Gasteiger partial charge in [0.1, 0.15) is 10.2 Å². The second kappa shape index (κ2) is 4.81. The van der Waals surface area contributed by atoms with E-state index in [2.05, 4.69) is 21.0 Å². The van der Waals surface area contributed by atoms with Crippen molar-refractivity contribution in [3.63, 3.8) is 0 Å². The molecule has 0 radical (unpaired) electrons. The van der Waals surface area contributed by atoms with Crippen LogP contribution in [0.15, 0.2) is 4.60 Å². The summed E-state index contributed by atoms with van der Waals surface area (Å²) < 4.78 is 8.19. The number of hydrogen-bond donors (Lipinski definition) is 0. The predicted molar refractivity (Wildman–Crippen MR) is 75.9 cm³/mol. The Morgan fingerprint density at radius 2 is 2.11 bits per heavy atom. The fourth-order valence-electron chi connectivity index (χ4n) is 2.20. The zero-order chi connectivity index (χ0) is 14.4. The molecule has 1 atom stereocenters. The Morgan fingerprint density at radius 3 is 2.68 bits per heavy atom. The number of aromatic nitrogens is 2. The van der Waals surface area contributed by atoms with Gasteiger partial charge in [-0.1, -0.05) is 0 Å². The van der Waals surface area contributed by atoms with Gasteiger partial charge in [-0.25, -0.2) is 4.79 Å². The maximum absolute atomic E-state index is 12.2. The first-order valence-corrected chi connectivity index (χ1v) is 7.18. The molecule has 6 heteroatoms. The number of aryl methyl sites for hydroxylation is 1. The number of rotatable bonds is 0. The molecule has 0 fully saturated rings. The number of ether oxygens (including phenoxy) is 1. The molecule has 0 unspecified atom stereocenters.